The number of carbonyl (C=O) groups is 1. The maximum Gasteiger partial charge on any atom is 0.225 e. The molecule has 0 radical (unpaired) electrons. The van der Waals surface area contributed by atoms with E-state index in [-0.39, 0.29) is 5.91 Å². The minimum Gasteiger partial charge on any atom is -0.478 e. The molecule has 0 aliphatic carbocycles. The highest BCUT2D eigenvalue weighted by Crippen LogP contribution is 2.23. The molecule has 2 aromatic rings. The fourth-order valence-corrected chi connectivity index (χ4v) is 3.85. The molecular weight excluding hydrogens is 338 g/mol. The van der Waals surface area contributed by atoms with Crippen LogP contribution in [-0.2, 0) is 24.2 Å². The van der Waals surface area contributed by atoms with Crippen LogP contribution >= 0.6 is 0 Å². The summed E-state index contributed by atoms with van der Waals surface area (Å²) in [5.74, 6) is 1.29. The summed E-state index contributed by atoms with van der Waals surface area (Å²) in [4.78, 5) is 18.4. The molecule has 0 unspecified atom stereocenters. The van der Waals surface area contributed by atoms with Gasteiger partial charge in [0.05, 0.1) is 6.61 Å². The number of unbranched alkanes of at least 4 members (excludes halogenated alkanes) is 1. The van der Waals surface area contributed by atoms with Gasteiger partial charge in [-0.3, -0.25) is 9.69 Å². The van der Waals surface area contributed by atoms with Gasteiger partial charge in [-0.1, -0.05) is 23.8 Å². The number of carbonyl (C=O) groups excluding carboxylic acids is 1. The fraction of sp³-hybridized carbons (Fsp3) is 0.455. The van der Waals surface area contributed by atoms with Crippen LogP contribution < -0.4 is 10.1 Å². The summed E-state index contributed by atoms with van der Waals surface area (Å²) >= 11 is 0. The van der Waals surface area contributed by atoms with Gasteiger partial charge in [0.2, 0.25) is 11.8 Å². The SMILES string of the molecule is Cc1ccc2c(c1)CCN(CCCCOc1ccc3c(n1)NC(=O)CC3)C2. The van der Waals surface area contributed by atoms with E-state index in [0.717, 1.165) is 50.9 Å². The average Bonchev–Trinajstić information content (AvgIpc) is 2.67. The van der Waals surface area contributed by atoms with Crippen LogP contribution in [0.3, 0.4) is 0 Å². The minimum absolute atomic E-state index is 0.0328. The molecule has 0 bridgehead atoms. The molecule has 2 aliphatic rings. The van der Waals surface area contributed by atoms with Crippen LogP contribution in [0.4, 0.5) is 5.82 Å². The Morgan fingerprint density at radius 1 is 1.07 bits per heavy atom. The van der Waals surface area contributed by atoms with Crippen molar-refractivity contribution in [3.63, 3.8) is 0 Å². The maximum atomic E-state index is 11.5. The standard InChI is InChI=1S/C22H27N3O2/c1-16-4-5-19-15-25(12-10-18(19)14-16)11-2-3-13-27-21-9-7-17-6-8-20(26)23-22(17)24-21/h4-5,7,9,14H,2-3,6,8,10-13,15H2,1H3,(H,23,24,26). The summed E-state index contributed by atoms with van der Waals surface area (Å²) < 4.78 is 5.79. The number of aromatic nitrogens is 1. The second kappa shape index (κ2) is 8.09. The third-order valence-corrected chi connectivity index (χ3v) is 5.40. The molecule has 1 N–H and O–H groups in total. The first kappa shape index (κ1) is 18.0. The highest BCUT2D eigenvalue weighted by molar-refractivity contribution is 5.92. The molecule has 0 saturated heterocycles. The van der Waals surface area contributed by atoms with Crippen molar-refractivity contribution < 1.29 is 9.53 Å². The second-order valence-electron chi connectivity index (χ2n) is 7.56. The number of nitrogens with one attached hydrogen (secondary N) is 1. The lowest BCUT2D eigenvalue weighted by Crippen LogP contribution is -2.31. The number of pyridine rings is 1. The van der Waals surface area contributed by atoms with Gasteiger partial charge < -0.3 is 10.1 Å². The van der Waals surface area contributed by atoms with Crippen molar-refractivity contribution in [3.05, 3.63) is 52.6 Å². The number of ether oxygens (including phenoxy) is 1. The first-order chi connectivity index (χ1) is 13.2. The van der Waals surface area contributed by atoms with Gasteiger partial charge in [0.1, 0.15) is 5.82 Å². The van der Waals surface area contributed by atoms with E-state index in [4.69, 9.17) is 4.74 Å². The van der Waals surface area contributed by atoms with E-state index in [9.17, 15) is 4.79 Å². The van der Waals surface area contributed by atoms with Crippen molar-refractivity contribution in [1.29, 1.82) is 0 Å². The summed E-state index contributed by atoms with van der Waals surface area (Å²) in [5.41, 5.74) is 5.43. The van der Waals surface area contributed by atoms with Crippen molar-refractivity contribution in [2.75, 3.05) is 25.0 Å². The summed E-state index contributed by atoms with van der Waals surface area (Å²) in [6.45, 7) is 6.12. The molecule has 1 aromatic heterocycles. The molecule has 4 rings (SSSR count). The van der Waals surface area contributed by atoms with Crippen LogP contribution in [0.25, 0.3) is 0 Å². The third-order valence-electron chi connectivity index (χ3n) is 5.40. The lowest BCUT2D eigenvalue weighted by atomic mass is 9.97. The zero-order valence-electron chi connectivity index (χ0n) is 16.0. The lowest BCUT2D eigenvalue weighted by molar-refractivity contribution is -0.116. The number of benzene rings is 1. The van der Waals surface area contributed by atoms with Gasteiger partial charge in [-0.2, -0.15) is 4.98 Å². The number of amides is 1. The molecule has 0 saturated carbocycles. The number of fused-ring (bicyclic) bond motifs is 2. The van der Waals surface area contributed by atoms with Crippen LogP contribution in [0, 0.1) is 6.92 Å². The van der Waals surface area contributed by atoms with Crippen LogP contribution in [-0.4, -0.2) is 35.5 Å². The molecular formula is C22H27N3O2. The number of hydrogen-bond acceptors (Lipinski definition) is 4. The average molecular weight is 365 g/mol. The van der Waals surface area contributed by atoms with E-state index in [1.54, 1.807) is 0 Å². The molecule has 0 spiro atoms. The highest BCUT2D eigenvalue weighted by Gasteiger charge is 2.17. The zero-order valence-corrected chi connectivity index (χ0v) is 16.0. The number of rotatable bonds is 6. The van der Waals surface area contributed by atoms with E-state index >= 15 is 0 Å². The van der Waals surface area contributed by atoms with E-state index in [2.05, 4.69) is 40.3 Å². The number of nitrogens with zero attached hydrogens (tertiary/aromatic N) is 2. The Morgan fingerprint density at radius 2 is 1.96 bits per heavy atom. The van der Waals surface area contributed by atoms with Crippen molar-refractivity contribution in [2.45, 2.75) is 45.6 Å². The molecule has 5 heteroatoms. The molecule has 0 atom stereocenters. The quantitative estimate of drug-likeness (QED) is 0.796. The van der Waals surface area contributed by atoms with E-state index in [0.29, 0.717) is 24.7 Å². The van der Waals surface area contributed by atoms with Crippen LogP contribution in [0.15, 0.2) is 30.3 Å². The monoisotopic (exact) mass is 365 g/mol. The molecule has 5 nitrogen and oxygen atoms in total. The van der Waals surface area contributed by atoms with Crippen molar-refractivity contribution >= 4 is 11.7 Å². The Bertz CT molecular complexity index is 834. The fourth-order valence-electron chi connectivity index (χ4n) is 3.85. The van der Waals surface area contributed by atoms with Crippen LogP contribution in [0.2, 0.25) is 0 Å². The Kier molecular flexibility index (Phi) is 5.39. The summed E-state index contributed by atoms with van der Waals surface area (Å²) in [5, 5.41) is 2.82. The Hall–Kier alpha value is -2.40. The number of anilines is 1. The molecule has 27 heavy (non-hydrogen) atoms. The molecule has 142 valence electrons. The van der Waals surface area contributed by atoms with Crippen LogP contribution in [0.5, 0.6) is 5.88 Å². The third kappa shape index (κ3) is 4.48. The molecule has 1 aromatic carbocycles. The first-order valence-electron chi connectivity index (χ1n) is 9.91. The second-order valence-corrected chi connectivity index (χ2v) is 7.56. The molecule has 1 amide bonds. The van der Waals surface area contributed by atoms with Gasteiger partial charge in [-0.25, -0.2) is 0 Å². The summed E-state index contributed by atoms with van der Waals surface area (Å²) in [6, 6.07) is 10.7. The predicted molar refractivity (Wildman–Crippen MR) is 106 cm³/mol. The van der Waals surface area contributed by atoms with Crippen molar-refractivity contribution in [2.24, 2.45) is 0 Å². The van der Waals surface area contributed by atoms with Gasteiger partial charge in [0.15, 0.2) is 0 Å². The lowest BCUT2D eigenvalue weighted by Gasteiger charge is -2.29. The Morgan fingerprint density at radius 3 is 2.89 bits per heavy atom. The minimum atomic E-state index is 0.0328. The van der Waals surface area contributed by atoms with Gasteiger partial charge in [-0.05, 0) is 61.9 Å². The number of hydrogen-bond donors (Lipinski definition) is 1. The summed E-state index contributed by atoms with van der Waals surface area (Å²) in [7, 11) is 0. The van der Waals surface area contributed by atoms with Crippen LogP contribution in [0.1, 0.15) is 41.5 Å². The van der Waals surface area contributed by atoms with Crippen molar-refractivity contribution in [1.82, 2.24) is 9.88 Å². The smallest absolute Gasteiger partial charge is 0.225 e. The number of aryl methyl sites for hydroxylation is 2. The first-order valence-corrected chi connectivity index (χ1v) is 9.91. The predicted octanol–water partition coefficient (Wildman–Crippen LogP) is 3.49. The van der Waals surface area contributed by atoms with E-state index in [1.807, 2.05) is 12.1 Å². The summed E-state index contributed by atoms with van der Waals surface area (Å²) in [6.07, 6.45) is 4.56. The van der Waals surface area contributed by atoms with Gasteiger partial charge >= 0.3 is 0 Å². The van der Waals surface area contributed by atoms with Gasteiger partial charge in [-0.15, -0.1) is 0 Å². The van der Waals surface area contributed by atoms with Crippen molar-refractivity contribution in [3.8, 4) is 5.88 Å². The highest BCUT2D eigenvalue weighted by atomic mass is 16.5. The van der Waals surface area contributed by atoms with Gasteiger partial charge in [0, 0.05) is 25.6 Å². The molecule has 0 fully saturated rings. The Labute approximate surface area is 160 Å². The van der Waals surface area contributed by atoms with E-state index in [1.165, 1.54) is 16.7 Å². The topological polar surface area (TPSA) is 54.5 Å². The Balaban J connectivity index is 1.19. The largest absolute Gasteiger partial charge is 0.478 e. The van der Waals surface area contributed by atoms with Gasteiger partial charge in [0.25, 0.3) is 0 Å². The van der Waals surface area contributed by atoms with E-state index < -0.39 is 0 Å². The molecule has 2 aliphatic heterocycles. The zero-order chi connectivity index (χ0) is 18.6. The normalized spacial score (nSPS) is 16.4. The maximum absolute atomic E-state index is 11.5. The molecule has 3 heterocycles.